The quantitative estimate of drug-likeness (QED) is 0.871. The summed E-state index contributed by atoms with van der Waals surface area (Å²) < 4.78 is 5.35. The van der Waals surface area contributed by atoms with Crippen LogP contribution in [0.4, 0.5) is 5.69 Å². The van der Waals surface area contributed by atoms with Crippen molar-refractivity contribution in [3.8, 4) is 0 Å². The number of aliphatic carboxylic acids is 1. The molecule has 1 aromatic carbocycles. The summed E-state index contributed by atoms with van der Waals surface area (Å²) in [4.78, 5) is 23.5. The van der Waals surface area contributed by atoms with Crippen LogP contribution < -0.4 is 5.32 Å². The van der Waals surface area contributed by atoms with Gasteiger partial charge in [0, 0.05) is 5.69 Å². The number of amides is 1. The highest BCUT2D eigenvalue weighted by Gasteiger charge is 2.35. The summed E-state index contributed by atoms with van der Waals surface area (Å²) in [6.07, 6.45) is -0.771. The normalized spacial score (nSPS) is 21.0. The molecule has 1 aromatic rings. The first kappa shape index (κ1) is 17.5. The Morgan fingerprint density at radius 1 is 1.09 bits per heavy atom. The zero-order valence-corrected chi connectivity index (χ0v) is 14.1. The van der Waals surface area contributed by atoms with Crippen LogP contribution in [0.25, 0.3) is 0 Å². The van der Waals surface area contributed by atoms with E-state index in [0.717, 1.165) is 16.8 Å². The van der Waals surface area contributed by atoms with Crippen molar-refractivity contribution in [2.24, 2.45) is 0 Å². The smallest absolute Gasteiger partial charge is 0.332 e. The molecule has 126 valence electrons. The number of rotatable bonds is 5. The topological polar surface area (TPSA) is 75.6 Å². The second kappa shape index (κ2) is 7.13. The van der Waals surface area contributed by atoms with Crippen molar-refractivity contribution in [3.63, 3.8) is 0 Å². The summed E-state index contributed by atoms with van der Waals surface area (Å²) in [5, 5.41) is 12.0. The molecule has 0 saturated carbocycles. The van der Waals surface area contributed by atoms with Crippen LogP contribution in [0.5, 0.6) is 0 Å². The Balaban J connectivity index is 2.22. The SMILES string of the molecule is CC(C)c1cccc(C(C)C)c1NC(=O)[C@@H]1CC[C@H](C(=O)O)O1. The minimum Gasteiger partial charge on any atom is -0.479 e. The van der Waals surface area contributed by atoms with E-state index < -0.39 is 18.2 Å². The van der Waals surface area contributed by atoms with Crippen LogP contribution >= 0.6 is 0 Å². The van der Waals surface area contributed by atoms with Gasteiger partial charge in [-0.05, 0) is 35.8 Å². The molecule has 0 bridgehead atoms. The lowest BCUT2D eigenvalue weighted by Gasteiger charge is -2.21. The van der Waals surface area contributed by atoms with Crippen LogP contribution in [0.2, 0.25) is 0 Å². The van der Waals surface area contributed by atoms with Gasteiger partial charge in [-0.25, -0.2) is 4.79 Å². The number of para-hydroxylation sites is 1. The third kappa shape index (κ3) is 3.91. The largest absolute Gasteiger partial charge is 0.479 e. The fourth-order valence-electron chi connectivity index (χ4n) is 2.91. The summed E-state index contributed by atoms with van der Waals surface area (Å²) in [6.45, 7) is 8.34. The molecule has 5 nitrogen and oxygen atoms in total. The molecule has 0 unspecified atom stereocenters. The summed E-state index contributed by atoms with van der Waals surface area (Å²) in [7, 11) is 0. The molecule has 0 radical (unpaired) electrons. The van der Waals surface area contributed by atoms with Crippen LogP contribution in [0.15, 0.2) is 18.2 Å². The number of nitrogens with one attached hydrogen (secondary N) is 1. The maximum Gasteiger partial charge on any atom is 0.332 e. The average molecular weight is 319 g/mol. The Labute approximate surface area is 137 Å². The lowest BCUT2D eigenvalue weighted by atomic mass is 9.92. The van der Waals surface area contributed by atoms with Crippen LogP contribution in [0, 0.1) is 0 Å². The molecule has 1 aliphatic rings. The zero-order valence-electron chi connectivity index (χ0n) is 14.1. The van der Waals surface area contributed by atoms with E-state index >= 15 is 0 Å². The molecule has 23 heavy (non-hydrogen) atoms. The van der Waals surface area contributed by atoms with Gasteiger partial charge in [-0.1, -0.05) is 45.9 Å². The second-order valence-corrected chi connectivity index (χ2v) is 6.64. The van der Waals surface area contributed by atoms with Gasteiger partial charge in [0.15, 0.2) is 6.10 Å². The van der Waals surface area contributed by atoms with Gasteiger partial charge < -0.3 is 15.2 Å². The third-order valence-electron chi connectivity index (χ3n) is 4.21. The van der Waals surface area contributed by atoms with Crippen LogP contribution in [-0.2, 0) is 14.3 Å². The maximum absolute atomic E-state index is 12.5. The van der Waals surface area contributed by atoms with E-state index in [4.69, 9.17) is 9.84 Å². The zero-order chi connectivity index (χ0) is 17.1. The number of carboxylic acid groups (broad SMARTS) is 1. The maximum atomic E-state index is 12.5. The molecular formula is C18H25NO4. The molecule has 0 spiro atoms. The van der Waals surface area contributed by atoms with E-state index in [2.05, 4.69) is 33.0 Å². The first-order valence-corrected chi connectivity index (χ1v) is 8.13. The summed E-state index contributed by atoms with van der Waals surface area (Å²) >= 11 is 0. The minimum atomic E-state index is -1.01. The standard InChI is InChI=1S/C18H25NO4/c1-10(2)12-6-5-7-13(11(3)4)16(12)19-17(20)14-8-9-15(23-14)18(21)22/h5-7,10-11,14-15H,8-9H2,1-4H3,(H,19,20)(H,21,22)/t14-,15+/m0/s1. The molecule has 1 heterocycles. The van der Waals surface area contributed by atoms with Gasteiger partial charge in [-0.2, -0.15) is 0 Å². The number of benzene rings is 1. The monoisotopic (exact) mass is 319 g/mol. The Hall–Kier alpha value is -1.88. The van der Waals surface area contributed by atoms with Crippen molar-refractivity contribution in [1.82, 2.24) is 0 Å². The Kier molecular flexibility index (Phi) is 5.42. The number of ether oxygens (including phenoxy) is 1. The Morgan fingerprint density at radius 3 is 2.04 bits per heavy atom. The molecular weight excluding hydrogens is 294 g/mol. The fraction of sp³-hybridized carbons (Fsp3) is 0.556. The van der Waals surface area contributed by atoms with Gasteiger partial charge >= 0.3 is 5.97 Å². The van der Waals surface area contributed by atoms with Gasteiger partial charge in [-0.3, -0.25) is 4.79 Å². The Morgan fingerprint density at radius 2 is 1.61 bits per heavy atom. The van der Waals surface area contributed by atoms with E-state index in [1.165, 1.54) is 0 Å². The van der Waals surface area contributed by atoms with E-state index in [-0.39, 0.29) is 17.7 Å². The van der Waals surface area contributed by atoms with Crippen molar-refractivity contribution in [2.45, 2.75) is 64.6 Å². The van der Waals surface area contributed by atoms with Crippen LogP contribution in [-0.4, -0.2) is 29.2 Å². The number of hydrogen-bond donors (Lipinski definition) is 2. The predicted octanol–water partition coefficient (Wildman–Crippen LogP) is 3.50. The van der Waals surface area contributed by atoms with Crippen molar-refractivity contribution < 1.29 is 19.4 Å². The molecule has 1 amide bonds. The lowest BCUT2D eigenvalue weighted by Crippen LogP contribution is -2.30. The lowest BCUT2D eigenvalue weighted by molar-refractivity contribution is -0.150. The van der Waals surface area contributed by atoms with Crippen molar-refractivity contribution in [3.05, 3.63) is 29.3 Å². The predicted molar refractivity (Wildman–Crippen MR) is 88.8 cm³/mol. The molecule has 0 aromatic heterocycles. The molecule has 1 aliphatic heterocycles. The summed E-state index contributed by atoms with van der Waals surface area (Å²) in [6, 6.07) is 6.04. The molecule has 2 atom stereocenters. The van der Waals surface area contributed by atoms with Crippen molar-refractivity contribution >= 4 is 17.6 Å². The van der Waals surface area contributed by atoms with E-state index in [1.807, 2.05) is 18.2 Å². The molecule has 2 rings (SSSR count). The van der Waals surface area contributed by atoms with Crippen LogP contribution in [0.3, 0.4) is 0 Å². The number of carbonyl (C=O) groups is 2. The third-order valence-corrected chi connectivity index (χ3v) is 4.21. The van der Waals surface area contributed by atoms with Gasteiger partial charge in [0.05, 0.1) is 0 Å². The molecule has 1 saturated heterocycles. The van der Waals surface area contributed by atoms with Gasteiger partial charge in [0.1, 0.15) is 6.10 Å². The molecule has 1 fully saturated rings. The van der Waals surface area contributed by atoms with E-state index in [1.54, 1.807) is 0 Å². The van der Waals surface area contributed by atoms with E-state index in [0.29, 0.717) is 12.8 Å². The Bertz CT molecular complexity index is 568. The highest BCUT2D eigenvalue weighted by molar-refractivity contribution is 5.96. The van der Waals surface area contributed by atoms with Crippen molar-refractivity contribution in [1.29, 1.82) is 0 Å². The van der Waals surface area contributed by atoms with E-state index in [9.17, 15) is 9.59 Å². The average Bonchev–Trinajstić information content (AvgIpc) is 2.97. The van der Waals surface area contributed by atoms with Gasteiger partial charge in [0.25, 0.3) is 5.91 Å². The van der Waals surface area contributed by atoms with Gasteiger partial charge in [0.2, 0.25) is 0 Å². The number of hydrogen-bond acceptors (Lipinski definition) is 3. The molecule has 2 N–H and O–H groups in total. The number of carboxylic acids is 1. The number of carbonyl (C=O) groups excluding carboxylic acids is 1. The molecule has 5 heteroatoms. The van der Waals surface area contributed by atoms with Crippen LogP contribution in [0.1, 0.15) is 63.5 Å². The highest BCUT2D eigenvalue weighted by Crippen LogP contribution is 2.33. The first-order chi connectivity index (χ1) is 10.8. The summed E-state index contributed by atoms with van der Waals surface area (Å²) in [5.41, 5.74) is 3.00. The molecule has 0 aliphatic carbocycles. The second-order valence-electron chi connectivity index (χ2n) is 6.64. The minimum absolute atomic E-state index is 0.260. The summed E-state index contributed by atoms with van der Waals surface area (Å²) in [5.74, 6) is -0.713. The van der Waals surface area contributed by atoms with Crippen molar-refractivity contribution in [2.75, 3.05) is 5.32 Å². The number of anilines is 1. The van der Waals surface area contributed by atoms with Gasteiger partial charge in [-0.15, -0.1) is 0 Å². The first-order valence-electron chi connectivity index (χ1n) is 8.13. The fourth-order valence-corrected chi connectivity index (χ4v) is 2.91. The highest BCUT2D eigenvalue weighted by atomic mass is 16.5.